The van der Waals surface area contributed by atoms with Crippen LogP contribution in [0, 0.1) is 0 Å². The zero-order chi connectivity index (χ0) is 15.1. The van der Waals surface area contributed by atoms with Gasteiger partial charge in [-0.1, -0.05) is 0 Å². The minimum Gasteiger partial charge on any atom is -0.380 e. The minimum absolute atomic E-state index is 0.00116. The van der Waals surface area contributed by atoms with Crippen molar-refractivity contribution < 1.29 is 9.26 Å². The van der Waals surface area contributed by atoms with E-state index in [9.17, 15) is 0 Å². The maximum Gasteiger partial charge on any atom is 0.199 e. The van der Waals surface area contributed by atoms with Crippen LogP contribution >= 0.6 is 0 Å². The fraction of sp³-hybridized carbons (Fsp3) is 0. The van der Waals surface area contributed by atoms with E-state index < -0.39 is 0 Å². The Hall–Kier alpha value is -3.58. The van der Waals surface area contributed by atoms with Gasteiger partial charge >= 0.3 is 0 Å². The van der Waals surface area contributed by atoms with Crippen molar-refractivity contribution in [1.82, 2.24) is 20.6 Å². The molecule has 0 radical (unpaired) electrons. The third kappa shape index (κ3) is 3.22. The van der Waals surface area contributed by atoms with E-state index in [0.29, 0.717) is 0 Å². The van der Waals surface area contributed by atoms with E-state index in [1.54, 1.807) is 0 Å². The fourth-order valence-electron chi connectivity index (χ4n) is 0.869. The zero-order valence-electron chi connectivity index (χ0n) is 9.96. The lowest BCUT2D eigenvalue weighted by atomic mass is 10.4. The van der Waals surface area contributed by atoms with Gasteiger partial charge < -0.3 is 34.6 Å². The second kappa shape index (κ2) is 6.38. The van der Waals surface area contributed by atoms with Crippen molar-refractivity contribution in [3.8, 4) is 0 Å². The Morgan fingerprint density at radius 2 is 1.10 bits per heavy atom. The number of amidine groups is 2. The van der Waals surface area contributed by atoms with Gasteiger partial charge in [-0.05, 0) is 20.6 Å². The van der Waals surface area contributed by atoms with Gasteiger partial charge in [0, 0.05) is 0 Å². The molecular formula is C6H12N12O2. The van der Waals surface area contributed by atoms with E-state index in [-0.39, 0.29) is 34.7 Å². The number of nitrogens with zero attached hydrogens (tertiary/aromatic N) is 6. The van der Waals surface area contributed by atoms with E-state index in [0.717, 1.165) is 0 Å². The summed E-state index contributed by atoms with van der Waals surface area (Å²) in [6, 6.07) is 0. The zero-order valence-corrected chi connectivity index (χ0v) is 9.96. The SMILES string of the molecule is N/N=C(\N)c1nonc1N.N/N=C(\N)c1nonc1N. The maximum atomic E-state index is 5.23. The van der Waals surface area contributed by atoms with Crippen molar-refractivity contribution in [2.75, 3.05) is 11.5 Å². The topological polar surface area (TPSA) is 259 Å². The maximum absolute atomic E-state index is 5.23. The van der Waals surface area contributed by atoms with Gasteiger partial charge in [-0.3, -0.25) is 0 Å². The van der Waals surface area contributed by atoms with Crippen LogP contribution in [0.4, 0.5) is 11.6 Å². The Kier molecular flexibility index (Phi) is 4.62. The molecule has 0 atom stereocenters. The van der Waals surface area contributed by atoms with E-state index in [4.69, 9.17) is 34.6 Å². The molecule has 0 spiro atoms. The Balaban J connectivity index is 0.000000200. The van der Waals surface area contributed by atoms with Crippen LogP contribution in [0.3, 0.4) is 0 Å². The molecule has 0 amide bonds. The molecule has 0 aliphatic carbocycles. The first-order chi connectivity index (χ1) is 9.51. The summed E-state index contributed by atoms with van der Waals surface area (Å²) in [7, 11) is 0. The fourth-order valence-corrected chi connectivity index (χ4v) is 0.869. The van der Waals surface area contributed by atoms with Gasteiger partial charge in [0.2, 0.25) is 0 Å². The van der Waals surface area contributed by atoms with Crippen LogP contribution in [0.2, 0.25) is 0 Å². The molecule has 0 fully saturated rings. The van der Waals surface area contributed by atoms with Crippen LogP contribution in [-0.4, -0.2) is 32.3 Å². The van der Waals surface area contributed by atoms with Gasteiger partial charge in [0.25, 0.3) is 0 Å². The molecule has 14 nitrogen and oxygen atoms in total. The molecular weight excluding hydrogens is 272 g/mol. The van der Waals surface area contributed by atoms with Crippen LogP contribution in [0.5, 0.6) is 0 Å². The Labute approximate surface area is 110 Å². The third-order valence-corrected chi connectivity index (χ3v) is 1.79. The Morgan fingerprint density at radius 1 is 0.750 bits per heavy atom. The van der Waals surface area contributed by atoms with Gasteiger partial charge in [-0.25, -0.2) is 9.26 Å². The van der Waals surface area contributed by atoms with E-state index in [1.807, 2.05) is 0 Å². The number of rotatable bonds is 2. The third-order valence-electron chi connectivity index (χ3n) is 1.79. The smallest absolute Gasteiger partial charge is 0.199 e. The van der Waals surface area contributed by atoms with Gasteiger partial charge in [0.1, 0.15) is 0 Å². The summed E-state index contributed by atoms with van der Waals surface area (Å²) >= 11 is 0. The molecule has 2 heterocycles. The summed E-state index contributed by atoms with van der Waals surface area (Å²) in [6.45, 7) is 0. The summed E-state index contributed by atoms with van der Waals surface area (Å²) in [6.07, 6.45) is 0. The van der Waals surface area contributed by atoms with Gasteiger partial charge in [0.15, 0.2) is 34.7 Å². The van der Waals surface area contributed by atoms with E-state index >= 15 is 0 Å². The monoisotopic (exact) mass is 284 g/mol. The molecule has 0 aromatic carbocycles. The first-order valence-corrected chi connectivity index (χ1v) is 4.74. The van der Waals surface area contributed by atoms with Gasteiger partial charge in [-0.15, -0.1) is 0 Å². The number of nitrogens with two attached hydrogens (primary N) is 6. The molecule has 108 valence electrons. The molecule has 0 aliphatic heterocycles. The first kappa shape index (κ1) is 14.5. The van der Waals surface area contributed by atoms with Crippen LogP contribution < -0.4 is 34.6 Å². The average molecular weight is 284 g/mol. The molecule has 0 saturated carbocycles. The van der Waals surface area contributed by atoms with Crippen LogP contribution in [0.25, 0.3) is 0 Å². The van der Waals surface area contributed by atoms with Crippen molar-refractivity contribution in [1.29, 1.82) is 0 Å². The van der Waals surface area contributed by atoms with Crippen LogP contribution in [0.15, 0.2) is 19.5 Å². The number of anilines is 2. The van der Waals surface area contributed by atoms with E-state index in [1.165, 1.54) is 0 Å². The molecule has 2 rings (SSSR count). The van der Waals surface area contributed by atoms with Crippen molar-refractivity contribution in [2.24, 2.45) is 33.4 Å². The molecule has 12 N–H and O–H groups in total. The number of hydrazone groups is 2. The summed E-state index contributed by atoms with van der Waals surface area (Å²) < 4.78 is 8.45. The quantitative estimate of drug-likeness (QED) is 0.135. The molecule has 20 heavy (non-hydrogen) atoms. The molecule has 0 aliphatic rings. The minimum atomic E-state index is -0.00116. The predicted octanol–water partition coefficient (Wildman–Crippen LogP) is -3.54. The average Bonchev–Trinajstić information content (AvgIpc) is 3.06. The lowest BCUT2D eigenvalue weighted by Crippen LogP contribution is -2.17. The lowest BCUT2D eigenvalue weighted by Gasteiger charge is -1.88. The second-order valence-corrected chi connectivity index (χ2v) is 3.02. The number of aromatic nitrogens is 4. The second-order valence-electron chi connectivity index (χ2n) is 3.02. The normalized spacial score (nSPS) is 11.8. The molecule has 2 aromatic rings. The number of nitrogen functional groups attached to an aromatic ring is 2. The molecule has 2 aromatic heterocycles. The van der Waals surface area contributed by atoms with Crippen molar-refractivity contribution in [3.05, 3.63) is 11.4 Å². The first-order valence-electron chi connectivity index (χ1n) is 4.74. The molecule has 0 bridgehead atoms. The summed E-state index contributed by atoms with van der Waals surface area (Å²) in [5.74, 6) is 9.81. The predicted molar refractivity (Wildman–Crippen MR) is 67.2 cm³/mol. The van der Waals surface area contributed by atoms with Crippen molar-refractivity contribution >= 4 is 23.3 Å². The van der Waals surface area contributed by atoms with Gasteiger partial charge in [-0.2, -0.15) is 10.2 Å². The number of hydrogen-bond acceptors (Lipinski definition) is 12. The lowest BCUT2D eigenvalue weighted by molar-refractivity contribution is 0.308. The standard InChI is InChI=1S/2C3H6N6O/c2*4-2(7-6)1-3(5)9-10-8-1/h2*6H2,(H2,4,7)(H2,5,9). The highest BCUT2D eigenvalue weighted by atomic mass is 16.6. The van der Waals surface area contributed by atoms with Gasteiger partial charge in [0.05, 0.1) is 0 Å². The Bertz CT molecular complexity index is 557. The number of hydrogen-bond donors (Lipinski definition) is 6. The highest BCUT2D eigenvalue weighted by molar-refractivity contribution is 5.99. The summed E-state index contributed by atoms with van der Waals surface area (Å²) in [5.41, 5.74) is 21.2. The highest BCUT2D eigenvalue weighted by Gasteiger charge is 2.09. The Morgan fingerprint density at radius 3 is 1.30 bits per heavy atom. The van der Waals surface area contributed by atoms with Crippen molar-refractivity contribution in [2.45, 2.75) is 0 Å². The van der Waals surface area contributed by atoms with E-state index in [2.05, 4.69) is 40.1 Å². The van der Waals surface area contributed by atoms with Crippen molar-refractivity contribution in [3.63, 3.8) is 0 Å². The molecule has 0 saturated heterocycles. The summed E-state index contributed by atoms with van der Waals surface area (Å²) in [5, 5.41) is 19.5. The largest absolute Gasteiger partial charge is 0.380 e. The summed E-state index contributed by atoms with van der Waals surface area (Å²) in [4.78, 5) is 0. The van der Waals surface area contributed by atoms with Crippen LogP contribution in [-0.2, 0) is 0 Å². The molecule has 14 heteroatoms. The molecule has 0 unspecified atom stereocenters. The highest BCUT2D eigenvalue weighted by Crippen LogP contribution is 2.02. The van der Waals surface area contributed by atoms with Crippen LogP contribution in [0.1, 0.15) is 11.4 Å².